The van der Waals surface area contributed by atoms with E-state index in [1.165, 1.54) is 4.57 Å². The molecule has 3 rings (SSSR count). The van der Waals surface area contributed by atoms with Gasteiger partial charge in [-0.3, -0.25) is 14.2 Å². The molecule has 118 valence electrons. The second kappa shape index (κ2) is 6.75. The SMILES string of the molecule is C#CCNC(=O)c1nc2cccnc2n(Cc2ccccc2)c1=O. The fourth-order valence-electron chi connectivity index (χ4n) is 2.35. The van der Waals surface area contributed by atoms with Crippen molar-refractivity contribution in [1.29, 1.82) is 0 Å². The molecule has 1 N–H and O–H groups in total. The fourth-order valence-corrected chi connectivity index (χ4v) is 2.35. The number of terminal acetylenes is 1. The van der Waals surface area contributed by atoms with Gasteiger partial charge in [0.25, 0.3) is 11.5 Å². The summed E-state index contributed by atoms with van der Waals surface area (Å²) in [6.07, 6.45) is 6.72. The molecule has 24 heavy (non-hydrogen) atoms. The summed E-state index contributed by atoms with van der Waals surface area (Å²) in [6.45, 7) is 0.328. The Bertz CT molecular complexity index is 987. The van der Waals surface area contributed by atoms with Gasteiger partial charge in [0, 0.05) is 6.20 Å². The molecular formula is C18H14N4O2. The molecule has 1 amide bonds. The summed E-state index contributed by atoms with van der Waals surface area (Å²) in [5.74, 6) is 1.71. The number of carbonyl (C=O) groups is 1. The minimum absolute atomic E-state index is 0.0315. The highest BCUT2D eigenvalue weighted by molar-refractivity contribution is 5.93. The molecule has 0 atom stereocenters. The Balaban J connectivity index is 2.15. The zero-order chi connectivity index (χ0) is 16.9. The number of carbonyl (C=O) groups excluding carboxylic acids is 1. The lowest BCUT2D eigenvalue weighted by atomic mass is 10.2. The molecular weight excluding hydrogens is 304 g/mol. The van der Waals surface area contributed by atoms with Crippen LogP contribution in [-0.4, -0.2) is 27.0 Å². The van der Waals surface area contributed by atoms with Crippen molar-refractivity contribution >= 4 is 17.1 Å². The van der Waals surface area contributed by atoms with Gasteiger partial charge in [-0.2, -0.15) is 0 Å². The molecule has 0 fully saturated rings. The van der Waals surface area contributed by atoms with E-state index in [0.717, 1.165) is 5.56 Å². The second-order valence-electron chi connectivity index (χ2n) is 5.07. The van der Waals surface area contributed by atoms with Crippen LogP contribution in [0.3, 0.4) is 0 Å². The number of hydrogen-bond donors (Lipinski definition) is 1. The van der Waals surface area contributed by atoms with Crippen LogP contribution in [0.5, 0.6) is 0 Å². The first-order valence-corrected chi connectivity index (χ1v) is 7.32. The van der Waals surface area contributed by atoms with Gasteiger partial charge >= 0.3 is 0 Å². The Labute approximate surface area is 138 Å². The number of amides is 1. The maximum absolute atomic E-state index is 12.7. The van der Waals surface area contributed by atoms with Crippen LogP contribution >= 0.6 is 0 Å². The van der Waals surface area contributed by atoms with Crippen LogP contribution in [0.25, 0.3) is 11.2 Å². The van der Waals surface area contributed by atoms with E-state index in [0.29, 0.717) is 17.7 Å². The van der Waals surface area contributed by atoms with Crippen LogP contribution in [0.4, 0.5) is 0 Å². The van der Waals surface area contributed by atoms with Crippen LogP contribution < -0.4 is 10.9 Å². The average molecular weight is 318 g/mol. The van der Waals surface area contributed by atoms with Crippen molar-refractivity contribution in [2.24, 2.45) is 0 Å². The molecule has 2 aromatic heterocycles. The van der Waals surface area contributed by atoms with Gasteiger partial charge in [-0.25, -0.2) is 9.97 Å². The molecule has 0 saturated heterocycles. The lowest BCUT2D eigenvalue weighted by Gasteiger charge is -2.11. The lowest BCUT2D eigenvalue weighted by Crippen LogP contribution is -2.35. The summed E-state index contributed by atoms with van der Waals surface area (Å²) in [7, 11) is 0. The van der Waals surface area contributed by atoms with Crippen LogP contribution in [-0.2, 0) is 6.54 Å². The highest BCUT2D eigenvalue weighted by atomic mass is 16.2. The third-order valence-corrected chi connectivity index (χ3v) is 3.45. The average Bonchev–Trinajstić information content (AvgIpc) is 2.62. The monoisotopic (exact) mass is 318 g/mol. The van der Waals surface area contributed by atoms with Gasteiger partial charge in [-0.05, 0) is 17.7 Å². The molecule has 0 spiro atoms. The summed E-state index contributed by atoms with van der Waals surface area (Å²) in [4.78, 5) is 33.3. The van der Waals surface area contributed by atoms with Crippen molar-refractivity contribution in [3.8, 4) is 12.3 Å². The first-order valence-electron chi connectivity index (χ1n) is 7.32. The molecule has 0 aliphatic carbocycles. The molecule has 0 bridgehead atoms. The minimum Gasteiger partial charge on any atom is -0.340 e. The molecule has 2 heterocycles. The molecule has 6 heteroatoms. The van der Waals surface area contributed by atoms with Crippen molar-refractivity contribution < 1.29 is 4.79 Å². The first kappa shape index (κ1) is 15.4. The van der Waals surface area contributed by atoms with Crippen molar-refractivity contribution in [1.82, 2.24) is 19.9 Å². The van der Waals surface area contributed by atoms with Crippen LogP contribution in [0, 0.1) is 12.3 Å². The predicted molar refractivity (Wildman–Crippen MR) is 90.5 cm³/mol. The summed E-state index contributed by atoms with van der Waals surface area (Å²) in [5, 5.41) is 2.47. The zero-order valence-corrected chi connectivity index (χ0v) is 12.8. The summed E-state index contributed by atoms with van der Waals surface area (Å²) in [6, 6.07) is 12.9. The standard InChI is InChI=1S/C18H14N4O2/c1-2-10-20-17(23)15-18(24)22(12-13-7-4-3-5-8-13)16-14(21-15)9-6-11-19-16/h1,3-9,11H,10,12H2,(H,20,23). The smallest absolute Gasteiger partial charge is 0.284 e. The minimum atomic E-state index is -0.592. The van der Waals surface area contributed by atoms with E-state index in [1.54, 1.807) is 18.3 Å². The zero-order valence-electron chi connectivity index (χ0n) is 12.8. The highest BCUT2D eigenvalue weighted by Crippen LogP contribution is 2.10. The van der Waals surface area contributed by atoms with Crippen molar-refractivity contribution in [3.05, 3.63) is 70.3 Å². The van der Waals surface area contributed by atoms with Gasteiger partial charge in [-0.1, -0.05) is 36.3 Å². The number of fused-ring (bicyclic) bond motifs is 1. The van der Waals surface area contributed by atoms with Crippen molar-refractivity contribution in [2.75, 3.05) is 6.54 Å². The topological polar surface area (TPSA) is 76.9 Å². The maximum Gasteiger partial charge on any atom is 0.284 e. The van der Waals surface area contributed by atoms with Gasteiger partial charge in [0.1, 0.15) is 5.52 Å². The largest absolute Gasteiger partial charge is 0.340 e. The Morgan fingerprint density at radius 3 is 2.75 bits per heavy atom. The molecule has 0 aliphatic heterocycles. The molecule has 0 radical (unpaired) electrons. The number of nitrogens with one attached hydrogen (secondary N) is 1. The Hall–Kier alpha value is -3.46. The Morgan fingerprint density at radius 1 is 1.21 bits per heavy atom. The van der Waals surface area contributed by atoms with E-state index < -0.39 is 11.5 Å². The van der Waals surface area contributed by atoms with Crippen molar-refractivity contribution in [2.45, 2.75) is 6.54 Å². The number of rotatable bonds is 4. The number of hydrogen-bond acceptors (Lipinski definition) is 4. The first-order chi connectivity index (χ1) is 11.7. The van der Waals surface area contributed by atoms with E-state index >= 15 is 0 Å². The van der Waals surface area contributed by atoms with Gasteiger partial charge in [0.05, 0.1) is 13.1 Å². The van der Waals surface area contributed by atoms with Crippen molar-refractivity contribution in [3.63, 3.8) is 0 Å². The number of benzene rings is 1. The van der Waals surface area contributed by atoms with Crippen LogP contribution in [0.15, 0.2) is 53.5 Å². The number of aromatic nitrogens is 3. The quantitative estimate of drug-likeness (QED) is 0.733. The van der Waals surface area contributed by atoms with E-state index in [1.807, 2.05) is 30.3 Å². The van der Waals surface area contributed by atoms with Gasteiger partial charge in [0.2, 0.25) is 0 Å². The lowest BCUT2D eigenvalue weighted by molar-refractivity contribution is 0.0952. The normalized spacial score (nSPS) is 10.3. The number of pyridine rings is 1. The van der Waals surface area contributed by atoms with Crippen LogP contribution in [0.1, 0.15) is 16.1 Å². The third kappa shape index (κ3) is 3.01. The highest BCUT2D eigenvalue weighted by Gasteiger charge is 2.17. The maximum atomic E-state index is 12.7. The Kier molecular flexibility index (Phi) is 4.34. The molecule has 1 aromatic carbocycles. The number of nitrogens with zero attached hydrogens (tertiary/aromatic N) is 3. The van der Waals surface area contributed by atoms with E-state index in [9.17, 15) is 9.59 Å². The summed E-state index contributed by atoms with van der Waals surface area (Å²) < 4.78 is 1.45. The van der Waals surface area contributed by atoms with E-state index in [4.69, 9.17) is 6.42 Å². The third-order valence-electron chi connectivity index (χ3n) is 3.45. The van der Waals surface area contributed by atoms with E-state index in [-0.39, 0.29) is 12.2 Å². The molecule has 6 nitrogen and oxygen atoms in total. The predicted octanol–water partition coefficient (Wildman–Crippen LogP) is 1.20. The van der Waals surface area contributed by atoms with Gasteiger partial charge < -0.3 is 5.32 Å². The molecule has 0 saturated carbocycles. The summed E-state index contributed by atoms with van der Waals surface area (Å²) >= 11 is 0. The summed E-state index contributed by atoms with van der Waals surface area (Å²) in [5.41, 5.74) is 1.13. The molecule has 3 aromatic rings. The van der Waals surface area contributed by atoms with E-state index in [2.05, 4.69) is 21.2 Å². The van der Waals surface area contributed by atoms with Gasteiger partial charge in [-0.15, -0.1) is 6.42 Å². The van der Waals surface area contributed by atoms with Gasteiger partial charge in [0.15, 0.2) is 11.3 Å². The second-order valence-corrected chi connectivity index (χ2v) is 5.07. The fraction of sp³-hybridized carbons (Fsp3) is 0.111. The molecule has 0 unspecified atom stereocenters. The Morgan fingerprint density at radius 2 is 2.00 bits per heavy atom. The molecule has 0 aliphatic rings. The van der Waals surface area contributed by atoms with Crippen LogP contribution in [0.2, 0.25) is 0 Å².